The van der Waals surface area contributed by atoms with Gasteiger partial charge in [0.2, 0.25) is 0 Å². The van der Waals surface area contributed by atoms with Crippen molar-refractivity contribution in [3.05, 3.63) is 29.8 Å². The molecular formula is C20H22N5O+. The summed E-state index contributed by atoms with van der Waals surface area (Å²) in [5, 5.41) is 38.2. The molecule has 2 fully saturated rings. The standard InChI is InChI=1S/C20H21N5O/c1-25-8-7-15-16(9-21)19(24)20(11-22,12-23)18(17(15)10-25)13-3-5-14(26-2)6-4-13/h3-6,15-18,24H,7-8,10H2,1-2H3/p+1/t15-,16?,17+,18-/m0/s1. The van der Waals surface area contributed by atoms with Gasteiger partial charge in [-0.15, -0.1) is 0 Å². The van der Waals surface area contributed by atoms with Crippen LogP contribution in [0.3, 0.4) is 0 Å². The SMILES string of the molecule is COc1ccc([C@H]2[C@@H]3C[NH+](C)CC[C@H]3C(C#N)C(=N)C2(C#N)C#N)cc1. The maximum absolute atomic E-state index is 9.96. The van der Waals surface area contributed by atoms with E-state index in [2.05, 4.69) is 25.3 Å². The molecule has 0 radical (unpaired) electrons. The molecular weight excluding hydrogens is 326 g/mol. The number of benzene rings is 1. The van der Waals surface area contributed by atoms with Gasteiger partial charge in [0.1, 0.15) is 5.75 Å². The summed E-state index contributed by atoms with van der Waals surface area (Å²) in [6.07, 6.45) is 0.830. The first-order chi connectivity index (χ1) is 12.5. The molecule has 0 aromatic heterocycles. The van der Waals surface area contributed by atoms with E-state index in [0.717, 1.165) is 25.1 Å². The minimum absolute atomic E-state index is 0.00944. The van der Waals surface area contributed by atoms with Gasteiger partial charge in [-0.2, -0.15) is 15.8 Å². The molecule has 1 aliphatic carbocycles. The predicted molar refractivity (Wildman–Crippen MR) is 94.4 cm³/mol. The second-order valence-electron chi connectivity index (χ2n) is 7.33. The van der Waals surface area contributed by atoms with Gasteiger partial charge >= 0.3 is 0 Å². The first-order valence-corrected chi connectivity index (χ1v) is 8.78. The minimum atomic E-state index is -1.60. The summed E-state index contributed by atoms with van der Waals surface area (Å²) in [4.78, 5) is 1.33. The molecule has 1 heterocycles. The molecule has 132 valence electrons. The zero-order chi connectivity index (χ0) is 18.9. The van der Waals surface area contributed by atoms with E-state index in [-0.39, 0.29) is 17.5 Å². The molecule has 5 atom stereocenters. The molecule has 26 heavy (non-hydrogen) atoms. The van der Waals surface area contributed by atoms with E-state index in [1.807, 2.05) is 24.3 Å². The van der Waals surface area contributed by atoms with Crippen LogP contribution in [0, 0.1) is 62.6 Å². The van der Waals surface area contributed by atoms with E-state index in [1.54, 1.807) is 7.11 Å². The van der Waals surface area contributed by atoms with Gasteiger partial charge < -0.3 is 15.0 Å². The summed E-state index contributed by atoms with van der Waals surface area (Å²) >= 11 is 0. The number of quaternary nitrogens is 1. The van der Waals surface area contributed by atoms with Crippen molar-refractivity contribution in [2.45, 2.75) is 12.3 Å². The highest BCUT2D eigenvalue weighted by molar-refractivity contribution is 5.98. The number of hydrogen-bond acceptors (Lipinski definition) is 5. The van der Waals surface area contributed by atoms with Crippen LogP contribution in [0.5, 0.6) is 5.75 Å². The Balaban J connectivity index is 2.18. The van der Waals surface area contributed by atoms with Crippen molar-refractivity contribution in [1.29, 1.82) is 21.2 Å². The topological polar surface area (TPSA) is 109 Å². The third-order valence-electron chi connectivity index (χ3n) is 6.06. The molecule has 3 rings (SSSR count). The van der Waals surface area contributed by atoms with Gasteiger partial charge in [0, 0.05) is 18.3 Å². The largest absolute Gasteiger partial charge is 0.497 e. The highest BCUT2D eigenvalue weighted by Crippen LogP contribution is 2.53. The van der Waals surface area contributed by atoms with Gasteiger partial charge in [0.05, 0.1) is 57.1 Å². The zero-order valence-electron chi connectivity index (χ0n) is 15.0. The van der Waals surface area contributed by atoms with Crippen molar-refractivity contribution in [2.24, 2.45) is 23.2 Å². The molecule has 6 nitrogen and oxygen atoms in total. The van der Waals surface area contributed by atoms with Crippen LogP contribution in [-0.4, -0.2) is 33.0 Å². The Morgan fingerprint density at radius 3 is 2.35 bits per heavy atom. The lowest BCUT2D eigenvalue weighted by Gasteiger charge is -2.49. The molecule has 2 unspecified atom stereocenters. The van der Waals surface area contributed by atoms with Crippen LogP contribution in [0.1, 0.15) is 17.9 Å². The van der Waals surface area contributed by atoms with E-state index in [4.69, 9.17) is 10.1 Å². The van der Waals surface area contributed by atoms with Crippen molar-refractivity contribution >= 4 is 5.71 Å². The van der Waals surface area contributed by atoms with Crippen molar-refractivity contribution < 1.29 is 9.64 Å². The summed E-state index contributed by atoms with van der Waals surface area (Å²) in [7, 11) is 3.69. The highest BCUT2D eigenvalue weighted by atomic mass is 16.5. The van der Waals surface area contributed by atoms with Gasteiger partial charge in [-0.05, 0) is 23.6 Å². The summed E-state index contributed by atoms with van der Waals surface area (Å²) < 4.78 is 5.22. The Morgan fingerprint density at radius 2 is 1.81 bits per heavy atom. The first kappa shape index (κ1) is 17.9. The van der Waals surface area contributed by atoms with Gasteiger partial charge in [0.25, 0.3) is 0 Å². The van der Waals surface area contributed by atoms with Crippen molar-refractivity contribution in [1.82, 2.24) is 0 Å². The Kier molecular flexibility index (Phi) is 4.68. The van der Waals surface area contributed by atoms with Crippen molar-refractivity contribution in [2.75, 3.05) is 27.2 Å². The number of fused-ring (bicyclic) bond motifs is 1. The summed E-state index contributed by atoms with van der Waals surface area (Å²) in [5.41, 5.74) is -0.778. The molecule has 0 bridgehead atoms. The normalized spacial score (nSPS) is 32.4. The second-order valence-corrected chi connectivity index (χ2v) is 7.33. The number of ether oxygens (including phenoxy) is 1. The van der Waals surface area contributed by atoms with Crippen molar-refractivity contribution in [3.63, 3.8) is 0 Å². The quantitative estimate of drug-likeness (QED) is 0.835. The molecule has 1 aromatic rings. The van der Waals surface area contributed by atoms with Crippen LogP contribution in [0.4, 0.5) is 0 Å². The number of likely N-dealkylation sites (tertiary alicyclic amines) is 1. The van der Waals surface area contributed by atoms with Gasteiger partial charge in [-0.3, -0.25) is 0 Å². The lowest BCUT2D eigenvalue weighted by Crippen LogP contribution is -3.11. The molecule has 1 saturated heterocycles. The van der Waals surface area contributed by atoms with Crippen molar-refractivity contribution in [3.8, 4) is 24.0 Å². The maximum atomic E-state index is 9.96. The van der Waals surface area contributed by atoms with Gasteiger partial charge in [0.15, 0.2) is 5.41 Å². The number of nitrogens with one attached hydrogen (secondary N) is 2. The third-order valence-corrected chi connectivity index (χ3v) is 6.06. The average Bonchev–Trinajstić information content (AvgIpc) is 2.67. The van der Waals surface area contributed by atoms with Gasteiger partial charge in [-0.25, -0.2) is 0 Å². The number of nitriles is 3. The second kappa shape index (κ2) is 6.79. The molecule has 0 amide bonds. The molecule has 1 aliphatic heterocycles. The molecule has 2 aliphatic rings. The van der Waals surface area contributed by atoms with Crippen LogP contribution in [-0.2, 0) is 0 Å². The maximum Gasteiger partial charge on any atom is 0.189 e. The molecule has 2 N–H and O–H groups in total. The van der Waals surface area contributed by atoms with Crippen LogP contribution < -0.4 is 9.64 Å². The van der Waals surface area contributed by atoms with E-state index in [0.29, 0.717) is 5.75 Å². The molecule has 6 heteroatoms. The van der Waals surface area contributed by atoms with E-state index in [9.17, 15) is 15.8 Å². The van der Waals surface area contributed by atoms with Crippen LogP contribution >= 0.6 is 0 Å². The van der Waals surface area contributed by atoms with E-state index >= 15 is 0 Å². The van der Waals surface area contributed by atoms with Crippen LogP contribution in [0.2, 0.25) is 0 Å². The van der Waals surface area contributed by atoms with Crippen LogP contribution in [0.15, 0.2) is 24.3 Å². The highest BCUT2D eigenvalue weighted by Gasteiger charge is 2.60. The zero-order valence-corrected chi connectivity index (χ0v) is 15.0. The van der Waals surface area contributed by atoms with Crippen LogP contribution in [0.25, 0.3) is 0 Å². The Hall–Kier alpha value is -2.88. The third kappa shape index (κ3) is 2.53. The minimum Gasteiger partial charge on any atom is -0.497 e. The summed E-state index contributed by atoms with van der Waals surface area (Å²) in [6.45, 7) is 1.73. The number of methoxy groups -OCH3 is 1. The molecule has 1 aromatic carbocycles. The first-order valence-electron chi connectivity index (χ1n) is 8.78. The molecule has 1 saturated carbocycles. The summed E-state index contributed by atoms with van der Waals surface area (Å²) in [5.74, 6) is -0.354. The Morgan fingerprint density at radius 1 is 1.15 bits per heavy atom. The fraction of sp³-hybridized carbons (Fsp3) is 0.500. The average molecular weight is 348 g/mol. The summed E-state index contributed by atoms with van der Waals surface area (Å²) in [6, 6.07) is 13.9. The lowest BCUT2D eigenvalue weighted by atomic mass is 9.51. The van der Waals surface area contributed by atoms with Gasteiger partial charge in [-0.1, -0.05) is 12.1 Å². The number of hydrogen-bond donors (Lipinski definition) is 2. The Bertz CT molecular complexity index is 812. The number of nitrogens with zero attached hydrogens (tertiary/aromatic N) is 3. The smallest absolute Gasteiger partial charge is 0.189 e. The predicted octanol–water partition coefficient (Wildman–Crippen LogP) is 1.14. The molecule has 0 spiro atoms. The number of piperidine rings is 1. The number of rotatable bonds is 2. The Labute approximate surface area is 153 Å². The fourth-order valence-corrected chi connectivity index (χ4v) is 4.76. The van der Waals surface area contributed by atoms with E-state index in [1.165, 1.54) is 4.90 Å². The van der Waals surface area contributed by atoms with E-state index < -0.39 is 17.3 Å². The lowest BCUT2D eigenvalue weighted by molar-refractivity contribution is -0.891. The fourth-order valence-electron chi connectivity index (χ4n) is 4.76. The monoisotopic (exact) mass is 348 g/mol.